The van der Waals surface area contributed by atoms with Crippen LogP contribution in [0.15, 0.2) is 30.9 Å². The number of nitrogens with zero attached hydrogens (tertiary/aromatic N) is 7. The lowest BCUT2D eigenvalue weighted by molar-refractivity contribution is -0.137. The van der Waals surface area contributed by atoms with Crippen LogP contribution in [0, 0.1) is 18.3 Å². The van der Waals surface area contributed by atoms with Gasteiger partial charge in [-0.05, 0) is 76.2 Å². The second-order valence-electron chi connectivity index (χ2n) is 12.6. The zero-order chi connectivity index (χ0) is 31.8. The van der Waals surface area contributed by atoms with Crippen LogP contribution in [0.4, 0.5) is 24.7 Å². The highest BCUT2D eigenvalue weighted by Gasteiger charge is 2.48. The van der Waals surface area contributed by atoms with Gasteiger partial charge < -0.3 is 19.4 Å². The SMILES string of the molecule is C=CC(=O)N1CCN(c2nc(OCCC3(N4CCCC4)CC3)nc3c2CCN(c2cccc(C)c2C(F)(F)F)C3)CC1CC#N. The normalized spacial score (nSPS) is 21.3. The van der Waals surface area contributed by atoms with Crippen molar-refractivity contribution >= 4 is 17.4 Å². The van der Waals surface area contributed by atoms with Gasteiger partial charge in [-0.3, -0.25) is 9.69 Å². The number of likely N-dealkylation sites (tertiary alicyclic amines) is 1. The molecule has 6 rings (SSSR count). The largest absolute Gasteiger partial charge is 0.463 e. The van der Waals surface area contributed by atoms with Crippen LogP contribution in [0.3, 0.4) is 0 Å². The third-order valence-electron chi connectivity index (χ3n) is 9.87. The first-order valence-electron chi connectivity index (χ1n) is 15.9. The van der Waals surface area contributed by atoms with Crippen molar-refractivity contribution in [3.05, 3.63) is 53.2 Å². The Kier molecular flexibility index (Phi) is 8.66. The molecule has 1 saturated carbocycles. The summed E-state index contributed by atoms with van der Waals surface area (Å²) in [7, 11) is 0. The van der Waals surface area contributed by atoms with E-state index in [0.29, 0.717) is 50.7 Å². The van der Waals surface area contributed by atoms with Crippen molar-refractivity contribution in [2.75, 3.05) is 55.7 Å². The molecule has 1 aliphatic carbocycles. The smallest absolute Gasteiger partial charge is 0.418 e. The molecule has 1 atom stereocenters. The predicted octanol–water partition coefficient (Wildman–Crippen LogP) is 4.88. The molecule has 4 heterocycles. The molecular formula is C33H40F3N7O2. The minimum atomic E-state index is -4.49. The van der Waals surface area contributed by atoms with E-state index in [1.807, 2.05) is 0 Å². The third-order valence-corrected chi connectivity index (χ3v) is 9.87. The molecule has 12 heteroatoms. The first-order valence-corrected chi connectivity index (χ1v) is 15.9. The van der Waals surface area contributed by atoms with Crippen LogP contribution in [-0.2, 0) is 23.9 Å². The van der Waals surface area contributed by atoms with Gasteiger partial charge in [0.15, 0.2) is 0 Å². The maximum Gasteiger partial charge on any atom is 0.418 e. The van der Waals surface area contributed by atoms with Gasteiger partial charge in [0.05, 0.1) is 42.9 Å². The van der Waals surface area contributed by atoms with Crippen LogP contribution in [0.5, 0.6) is 6.01 Å². The van der Waals surface area contributed by atoms with Crippen LogP contribution in [-0.4, -0.2) is 83.1 Å². The molecule has 2 aromatic rings. The Labute approximate surface area is 262 Å². The van der Waals surface area contributed by atoms with Gasteiger partial charge in [0.2, 0.25) is 5.91 Å². The standard InChI is InChI=1S/C33H40F3N7O2/c1-3-28(44)43-19-18-41(21-24(43)9-14-37)30-25-10-17-40(27-8-6-7-23(2)29(27)33(34,35)36)22-26(25)38-31(39-30)45-20-13-32(11-12-32)42-15-4-5-16-42/h3,6-8,24H,1,4-5,9-13,15-22H2,2H3. The van der Waals surface area contributed by atoms with E-state index in [0.717, 1.165) is 37.9 Å². The van der Waals surface area contributed by atoms with E-state index >= 15 is 0 Å². The lowest BCUT2D eigenvalue weighted by Crippen LogP contribution is -2.55. The quantitative estimate of drug-likeness (QED) is 0.366. The number of nitriles is 1. The summed E-state index contributed by atoms with van der Waals surface area (Å²) in [6.45, 7) is 9.62. The van der Waals surface area contributed by atoms with Crippen LogP contribution in [0.25, 0.3) is 0 Å². The maximum absolute atomic E-state index is 14.2. The number of anilines is 2. The molecule has 0 N–H and O–H groups in total. The van der Waals surface area contributed by atoms with Crippen molar-refractivity contribution in [1.29, 1.82) is 5.26 Å². The fourth-order valence-electron chi connectivity index (χ4n) is 7.33. The Morgan fingerprint density at radius 2 is 1.93 bits per heavy atom. The van der Waals surface area contributed by atoms with E-state index in [9.17, 15) is 23.2 Å². The molecular weight excluding hydrogens is 583 g/mol. The molecule has 1 amide bonds. The van der Waals surface area contributed by atoms with Crippen LogP contribution in [0.2, 0.25) is 0 Å². The lowest BCUT2D eigenvalue weighted by Gasteiger charge is -2.42. The van der Waals surface area contributed by atoms with Gasteiger partial charge in [0.25, 0.3) is 0 Å². The minimum Gasteiger partial charge on any atom is -0.463 e. The summed E-state index contributed by atoms with van der Waals surface area (Å²) in [5, 5.41) is 9.50. The molecule has 0 bridgehead atoms. The van der Waals surface area contributed by atoms with Gasteiger partial charge in [-0.2, -0.15) is 28.4 Å². The number of benzene rings is 1. The van der Waals surface area contributed by atoms with Gasteiger partial charge in [0, 0.05) is 43.0 Å². The Morgan fingerprint density at radius 3 is 2.62 bits per heavy atom. The number of halogens is 3. The van der Waals surface area contributed by atoms with E-state index in [2.05, 4.69) is 22.4 Å². The molecule has 1 aromatic heterocycles. The molecule has 9 nitrogen and oxygen atoms in total. The highest BCUT2D eigenvalue weighted by molar-refractivity contribution is 5.87. The molecule has 0 spiro atoms. The van der Waals surface area contributed by atoms with E-state index < -0.39 is 11.7 Å². The van der Waals surface area contributed by atoms with Gasteiger partial charge in [-0.25, -0.2) is 0 Å². The molecule has 3 aliphatic heterocycles. The number of carbonyl (C=O) groups excluding carboxylic acids is 1. The van der Waals surface area contributed by atoms with Crippen LogP contribution in [0.1, 0.15) is 60.9 Å². The number of amides is 1. The Balaban J connectivity index is 1.30. The Hall–Kier alpha value is -3.85. The van der Waals surface area contributed by atoms with E-state index in [1.54, 1.807) is 15.9 Å². The van der Waals surface area contributed by atoms with Crippen LogP contribution >= 0.6 is 0 Å². The monoisotopic (exact) mass is 623 g/mol. The number of fused-ring (bicyclic) bond motifs is 1. The second-order valence-corrected chi connectivity index (χ2v) is 12.6. The fourth-order valence-corrected chi connectivity index (χ4v) is 7.33. The zero-order valence-electron chi connectivity index (χ0n) is 25.8. The number of hydrogen-bond donors (Lipinski definition) is 0. The lowest BCUT2D eigenvalue weighted by atomic mass is 10.00. The second kappa shape index (κ2) is 12.5. The molecule has 3 fully saturated rings. The third kappa shape index (κ3) is 6.32. The summed E-state index contributed by atoms with van der Waals surface area (Å²) in [6.07, 6.45) is 3.04. The summed E-state index contributed by atoms with van der Waals surface area (Å²) < 4.78 is 48.7. The summed E-state index contributed by atoms with van der Waals surface area (Å²) in [5.74, 6) is 0.453. The van der Waals surface area contributed by atoms with Gasteiger partial charge in [-0.15, -0.1) is 0 Å². The topological polar surface area (TPSA) is 88.8 Å². The molecule has 4 aliphatic rings. The number of aryl methyl sites for hydroxylation is 1. The average Bonchev–Trinajstić information content (AvgIpc) is 3.59. The first-order chi connectivity index (χ1) is 21.6. The molecule has 1 unspecified atom stereocenters. The Bertz CT molecular complexity index is 1480. The van der Waals surface area contributed by atoms with Crippen molar-refractivity contribution < 1.29 is 22.7 Å². The summed E-state index contributed by atoms with van der Waals surface area (Å²) in [6, 6.07) is 6.73. The highest BCUT2D eigenvalue weighted by atomic mass is 19.4. The summed E-state index contributed by atoms with van der Waals surface area (Å²) in [4.78, 5) is 30.2. The average molecular weight is 624 g/mol. The van der Waals surface area contributed by atoms with E-state index in [4.69, 9.17) is 14.7 Å². The molecule has 240 valence electrons. The number of alkyl halides is 3. The summed E-state index contributed by atoms with van der Waals surface area (Å²) in [5.41, 5.74) is 1.40. The van der Waals surface area contributed by atoms with Gasteiger partial charge >= 0.3 is 12.2 Å². The zero-order valence-corrected chi connectivity index (χ0v) is 25.8. The van der Waals surface area contributed by atoms with Gasteiger partial charge in [0.1, 0.15) is 5.82 Å². The number of aromatic nitrogens is 2. The van der Waals surface area contributed by atoms with Crippen molar-refractivity contribution in [2.45, 2.75) is 76.2 Å². The molecule has 0 radical (unpaired) electrons. The predicted molar refractivity (Wildman–Crippen MR) is 164 cm³/mol. The number of piperazine rings is 1. The molecule has 45 heavy (non-hydrogen) atoms. The molecule has 1 aromatic carbocycles. The number of carbonyl (C=O) groups is 1. The number of rotatable bonds is 9. The van der Waals surface area contributed by atoms with Crippen molar-refractivity contribution in [2.24, 2.45) is 0 Å². The maximum atomic E-state index is 14.2. The van der Waals surface area contributed by atoms with E-state index in [-0.39, 0.29) is 47.7 Å². The minimum absolute atomic E-state index is 0.141. The fraction of sp³-hybridized carbons (Fsp3) is 0.576. The van der Waals surface area contributed by atoms with Crippen molar-refractivity contribution in [1.82, 2.24) is 19.8 Å². The number of hydrogen-bond acceptors (Lipinski definition) is 8. The first kappa shape index (κ1) is 31.1. The molecule has 2 saturated heterocycles. The highest BCUT2D eigenvalue weighted by Crippen LogP contribution is 2.46. The Morgan fingerprint density at radius 1 is 1.16 bits per heavy atom. The summed E-state index contributed by atoms with van der Waals surface area (Å²) >= 11 is 0. The van der Waals surface area contributed by atoms with Crippen molar-refractivity contribution in [3.63, 3.8) is 0 Å². The van der Waals surface area contributed by atoms with Gasteiger partial charge in [-0.1, -0.05) is 18.7 Å². The van der Waals surface area contributed by atoms with E-state index in [1.165, 1.54) is 38.0 Å². The van der Waals surface area contributed by atoms with Crippen molar-refractivity contribution in [3.8, 4) is 12.1 Å². The number of ether oxygens (including phenoxy) is 1. The van der Waals surface area contributed by atoms with Crippen LogP contribution < -0.4 is 14.5 Å².